The van der Waals surface area contributed by atoms with Crippen molar-refractivity contribution in [2.24, 2.45) is 0 Å². The Morgan fingerprint density at radius 1 is 0.923 bits per heavy atom. The number of benzene rings is 2. The predicted octanol–water partition coefficient (Wildman–Crippen LogP) is 5.21. The highest BCUT2D eigenvalue weighted by molar-refractivity contribution is 5.68. The number of carbonyl (C=O) groups excluding carboxylic acids is 1. The van der Waals surface area contributed by atoms with Crippen LogP contribution in [0.15, 0.2) is 42.5 Å². The quantitative estimate of drug-likeness (QED) is 0.430. The molecule has 0 atom stereocenters. The van der Waals surface area contributed by atoms with Crippen LogP contribution in [0.2, 0.25) is 0 Å². The van der Waals surface area contributed by atoms with E-state index in [1.54, 1.807) is 18.2 Å². The molecule has 0 spiro atoms. The van der Waals surface area contributed by atoms with E-state index < -0.39 is 5.82 Å². The number of hydrogen-bond acceptors (Lipinski definition) is 3. The third kappa shape index (κ3) is 6.82. The Morgan fingerprint density at radius 3 is 2.31 bits per heavy atom. The van der Waals surface area contributed by atoms with E-state index in [-0.39, 0.29) is 24.1 Å². The number of hydrogen-bond donors (Lipinski definition) is 0. The summed E-state index contributed by atoms with van der Waals surface area (Å²) in [6, 6.07) is 10.9. The van der Waals surface area contributed by atoms with Gasteiger partial charge in [-0.25, -0.2) is 8.78 Å². The predicted molar refractivity (Wildman–Crippen MR) is 95.9 cm³/mol. The zero-order valence-electron chi connectivity index (χ0n) is 15.0. The highest BCUT2D eigenvalue weighted by Gasteiger charge is 2.06. The summed E-state index contributed by atoms with van der Waals surface area (Å²) < 4.78 is 37.1. The van der Waals surface area contributed by atoms with Crippen molar-refractivity contribution >= 4 is 5.97 Å². The van der Waals surface area contributed by atoms with Gasteiger partial charge in [-0.1, -0.05) is 31.0 Å². The molecule has 0 fully saturated rings. The summed E-state index contributed by atoms with van der Waals surface area (Å²) in [7, 11) is 1.39. The molecule has 0 amide bonds. The normalized spacial score (nSPS) is 10.6. The minimum absolute atomic E-state index is 0.178. The summed E-state index contributed by atoms with van der Waals surface area (Å²) in [6.45, 7) is 0.191. The monoisotopic (exact) mass is 362 g/mol. The molecule has 0 aromatic heterocycles. The average Bonchev–Trinajstić information content (AvgIpc) is 2.65. The van der Waals surface area contributed by atoms with Gasteiger partial charge in [-0.15, -0.1) is 0 Å². The first-order chi connectivity index (χ1) is 12.6. The second-order valence-electron chi connectivity index (χ2n) is 6.17. The van der Waals surface area contributed by atoms with Gasteiger partial charge in [-0.2, -0.15) is 0 Å². The van der Waals surface area contributed by atoms with E-state index in [4.69, 9.17) is 4.74 Å². The average molecular weight is 362 g/mol. The number of esters is 1. The molecule has 0 saturated heterocycles. The number of methoxy groups -OCH3 is 1. The number of rotatable bonds is 10. The molecular formula is C21H24F2O3. The standard InChI is InChI=1S/C21H24F2O3/c1-25-21(24)7-5-3-2-4-6-16-10-13-20(19(23)14-16)26-15-17-8-11-18(22)12-9-17/h8-14H,2-7,15H2,1H3. The second-order valence-corrected chi connectivity index (χ2v) is 6.17. The van der Waals surface area contributed by atoms with Crippen LogP contribution in [0.5, 0.6) is 5.75 Å². The molecule has 0 aliphatic carbocycles. The molecule has 0 aliphatic rings. The van der Waals surface area contributed by atoms with Crippen LogP contribution in [-0.2, 0) is 22.6 Å². The summed E-state index contributed by atoms with van der Waals surface area (Å²) >= 11 is 0. The molecule has 0 bridgehead atoms. The van der Waals surface area contributed by atoms with Gasteiger partial charge >= 0.3 is 5.97 Å². The number of unbranched alkanes of at least 4 members (excludes halogenated alkanes) is 3. The number of halogens is 2. The summed E-state index contributed by atoms with van der Waals surface area (Å²) in [5.41, 5.74) is 1.70. The van der Waals surface area contributed by atoms with Crippen LogP contribution >= 0.6 is 0 Å². The van der Waals surface area contributed by atoms with Crippen molar-refractivity contribution in [1.82, 2.24) is 0 Å². The topological polar surface area (TPSA) is 35.5 Å². The minimum atomic E-state index is -0.393. The van der Waals surface area contributed by atoms with E-state index in [0.29, 0.717) is 6.42 Å². The van der Waals surface area contributed by atoms with Crippen molar-refractivity contribution < 1.29 is 23.0 Å². The summed E-state index contributed by atoms with van der Waals surface area (Å²) in [4.78, 5) is 11.0. The first-order valence-corrected chi connectivity index (χ1v) is 8.81. The van der Waals surface area contributed by atoms with E-state index in [1.807, 2.05) is 6.07 Å². The van der Waals surface area contributed by atoms with Crippen molar-refractivity contribution in [3.63, 3.8) is 0 Å². The van der Waals surface area contributed by atoms with Crippen LogP contribution in [0.3, 0.4) is 0 Å². The highest BCUT2D eigenvalue weighted by atomic mass is 19.1. The molecular weight excluding hydrogens is 338 g/mol. The molecule has 2 rings (SSSR count). The molecule has 3 nitrogen and oxygen atoms in total. The lowest BCUT2D eigenvalue weighted by Gasteiger charge is -2.09. The van der Waals surface area contributed by atoms with E-state index in [1.165, 1.54) is 25.3 Å². The van der Waals surface area contributed by atoms with Crippen molar-refractivity contribution in [2.45, 2.75) is 45.1 Å². The Kier molecular flexibility index (Phi) is 8.06. The van der Waals surface area contributed by atoms with Crippen LogP contribution in [-0.4, -0.2) is 13.1 Å². The SMILES string of the molecule is COC(=O)CCCCCCc1ccc(OCc2ccc(F)cc2)c(F)c1. The maximum atomic E-state index is 14.1. The number of ether oxygens (including phenoxy) is 2. The third-order valence-electron chi connectivity index (χ3n) is 4.13. The van der Waals surface area contributed by atoms with Gasteiger partial charge in [-0.3, -0.25) is 4.79 Å². The maximum Gasteiger partial charge on any atom is 0.305 e. The summed E-state index contributed by atoms with van der Waals surface area (Å²) in [5, 5.41) is 0. The van der Waals surface area contributed by atoms with Crippen molar-refractivity contribution in [2.75, 3.05) is 7.11 Å². The first-order valence-electron chi connectivity index (χ1n) is 8.81. The fourth-order valence-corrected chi connectivity index (χ4v) is 2.61. The van der Waals surface area contributed by atoms with E-state index >= 15 is 0 Å². The Balaban J connectivity index is 1.72. The van der Waals surface area contributed by atoms with Gasteiger partial charge in [0.1, 0.15) is 12.4 Å². The number of carbonyl (C=O) groups is 1. The molecule has 5 heteroatoms. The van der Waals surface area contributed by atoms with Gasteiger partial charge in [0, 0.05) is 6.42 Å². The summed E-state index contributed by atoms with van der Waals surface area (Å²) in [6.07, 6.45) is 4.93. The molecule has 140 valence electrons. The molecule has 0 unspecified atom stereocenters. The lowest BCUT2D eigenvalue weighted by Crippen LogP contribution is -1.99. The summed E-state index contributed by atoms with van der Waals surface area (Å²) in [5.74, 6) is -0.690. The van der Waals surface area contributed by atoms with Gasteiger partial charge in [0.05, 0.1) is 7.11 Å². The Hall–Kier alpha value is -2.43. The molecule has 2 aromatic carbocycles. The van der Waals surface area contributed by atoms with E-state index in [9.17, 15) is 13.6 Å². The number of aryl methyl sites for hydroxylation is 1. The molecule has 26 heavy (non-hydrogen) atoms. The van der Waals surface area contributed by atoms with Gasteiger partial charge in [0.2, 0.25) is 0 Å². The van der Waals surface area contributed by atoms with Gasteiger partial charge in [-0.05, 0) is 54.7 Å². The molecule has 0 radical (unpaired) electrons. The van der Waals surface area contributed by atoms with Crippen molar-refractivity contribution in [3.05, 3.63) is 65.2 Å². The molecule has 0 heterocycles. The van der Waals surface area contributed by atoms with Crippen LogP contribution in [0, 0.1) is 11.6 Å². The lowest BCUT2D eigenvalue weighted by molar-refractivity contribution is -0.140. The molecule has 0 N–H and O–H groups in total. The zero-order chi connectivity index (χ0) is 18.8. The van der Waals surface area contributed by atoms with E-state index in [0.717, 1.165) is 43.2 Å². The van der Waals surface area contributed by atoms with Crippen LogP contribution in [0.4, 0.5) is 8.78 Å². The van der Waals surface area contributed by atoms with Gasteiger partial charge in [0.15, 0.2) is 11.6 Å². The van der Waals surface area contributed by atoms with Crippen molar-refractivity contribution in [1.29, 1.82) is 0 Å². The maximum absolute atomic E-state index is 14.1. The highest BCUT2D eigenvalue weighted by Crippen LogP contribution is 2.21. The smallest absolute Gasteiger partial charge is 0.305 e. The lowest BCUT2D eigenvalue weighted by atomic mass is 10.1. The van der Waals surface area contributed by atoms with Crippen LogP contribution in [0.25, 0.3) is 0 Å². The fourth-order valence-electron chi connectivity index (χ4n) is 2.61. The third-order valence-corrected chi connectivity index (χ3v) is 4.13. The van der Waals surface area contributed by atoms with Gasteiger partial charge < -0.3 is 9.47 Å². The Morgan fingerprint density at radius 2 is 1.62 bits per heavy atom. The minimum Gasteiger partial charge on any atom is -0.486 e. The van der Waals surface area contributed by atoms with Crippen LogP contribution in [0.1, 0.15) is 43.2 Å². The van der Waals surface area contributed by atoms with Gasteiger partial charge in [0.25, 0.3) is 0 Å². The molecule has 2 aromatic rings. The van der Waals surface area contributed by atoms with Crippen LogP contribution < -0.4 is 4.74 Å². The fraction of sp³-hybridized carbons (Fsp3) is 0.381. The Bertz CT molecular complexity index is 699. The Labute approximate surface area is 152 Å². The largest absolute Gasteiger partial charge is 0.486 e. The first kappa shape index (κ1) is 19.9. The molecule has 0 saturated carbocycles. The zero-order valence-corrected chi connectivity index (χ0v) is 15.0. The van der Waals surface area contributed by atoms with Crippen molar-refractivity contribution in [3.8, 4) is 5.75 Å². The molecule has 0 aliphatic heterocycles. The van der Waals surface area contributed by atoms with E-state index in [2.05, 4.69) is 4.74 Å². The second kappa shape index (κ2) is 10.5.